The van der Waals surface area contributed by atoms with Gasteiger partial charge in [0.05, 0.1) is 34.0 Å². The third-order valence-corrected chi connectivity index (χ3v) is 10.7. The number of benzene rings is 2. The summed E-state index contributed by atoms with van der Waals surface area (Å²) in [5, 5.41) is 11.8. The first-order valence-electron chi connectivity index (χ1n) is 17.4. The zero-order valence-electron chi connectivity index (χ0n) is 29.2. The highest BCUT2D eigenvalue weighted by Crippen LogP contribution is 2.33. The molecule has 52 heavy (non-hydrogen) atoms. The molecular weight excluding hydrogens is 703 g/mol. The summed E-state index contributed by atoms with van der Waals surface area (Å²) in [6.07, 6.45) is 8.00. The highest BCUT2D eigenvalue weighted by Gasteiger charge is 2.27. The van der Waals surface area contributed by atoms with Gasteiger partial charge in [0.25, 0.3) is 5.91 Å². The number of anilines is 6. The van der Waals surface area contributed by atoms with Crippen LogP contribution in [0.2, 0.25) is 0 Å². The quantitative estimate of drug-likeness (QED) is 0.103. The van der Waals surface area contributed by atoms with E-state index in [1.807, 2.05) is 38.1 Å². The third kappa shape index (κ3) is 9.55. The molecule has 14 nitrogen and oxygen atoms in total. The number of piperidine rings is 2. The number of amides is 5. The van der Waals surface area contributed by atoms with Crippen molar-refractivity contribution in [3.63, 3.8) is 0 Å². The summed E-state index contributed by atoms with van der Waals surface area (Å²) in [5.41, 5.74) is 11.1. The van der Waals surface area contributed by atoms with Gasteiger partial charge in [0, 0.05) is 43.4 Å². The summed E-state index contributed by atoms with van der Waals surface area (Å²) in [6.45, 7) is 7.77. The summed E-state index contributed by atoms with van der Waals surface area (Å²) in [4.78, 5) is 64.9. The van der Waals surface area contributed by atoms with Crippen LogP contribution in [0, 0.1) is 13.8 Å². The van der Waals surface area contributed by atoms with Crippen LogP contribution in [-0.4, -0.2) is 60.1 Å². The Morgan fingerprint density at radius 2 is 1.23 bits per heavy atom. The number of ether oxygens (including phenoxy) is 1. The fourth-order valence-electron chi connectivity index (χ4n) is 6.27. The zero-order valence-corrected chi connectivity index (χ0v) is 30.8. The van der Waals surface area contributed by atoms with Gasteiger partial charge < -0.3 is 30.9 Å². The van der Waals surface area contributed by atoms with Gasteiger partial charge in [0.1, 0.15) is 0 Å². The molecule has 1 atom stereocenters. The third-order valence-electron chi connectivity index (χ3n) is 8.80. The van der Waals surface area contributed by atoms with Crippen LogP contribution in [0.25, 0.3) is 0 Å². The molecule has 6 N–H and O–H groups in total. The monoisotopic (exact) mass is 745 g/mol. The minimum atomic E-state index is -1.41. The summed E-state index contributed by atoms with van der Waals surface area (Å²) < 4.78 is 5.46. The average Bonchev–Trinajstić information content (AvgIpc) is 3.78. The Bertz CT molecular complexity index is 1920. The van der Waals surface area contributed by atoms with Gasteiger partial charge in [-0.2, -0.15) is 0 Å². The number of carbonyl (C=O) groups excluding carboxylic acids is 4. The Morgan fingerprint density at radius 1 is 0.731 bits per heavy atom. The van der Waals surface area contributed by atoms with Crippen molar-refractivity contribution in [2.24, 2.45) is 5.73 Å². The van der Waals surface area contributed by atoms with Crippen LogP contribution >= 0.6 is 22.7 Å². The first kappa shape index (κ1) is 36.6. The molecule has 0 radical (unpaired) electrons. The van der Waals surface area contributed by atoms with E-state index < -0.39 is 30.0 Å². The Balaban J connectivity index is 1.02. The second-order valence-corrected chi connectivity index (χ2v) is 15.1. The van der Waals surface area contributed by atoms with E-state index in [4.69, 9.17) is 10.5 Å². The Kier molecular flexibility index (Phi) is 11.9. The first-order chi connectivity index (χ1) is 25.1. The van der Waals surface area contributed by atoms with E-state index in [0.29, 0.717) is 21.4 Å². The highest BCUT2D eigenvalue weighted by atomic mass is 32.1. The molecule has 2 fully saturated rings. The fraction of sp³-hybridized carbons (Fsp3) is 0.389. The number of thiazole rings is 2. The van der Waals surface area contributed by atoms with Crippen LogP contribution in [0.3, 0.4) is 0 Å². The summed E-state index contributed by atoms with van der Waals surface area (Å²) in [7, 11) is 0. The summed E-state index contributed by atoms with van der Waals surface area (Å²) in [5.74, 6) is -1.61. The topological polar surface area (TPSA) is 184 Å². The van der Waals surface area contributed by atoms with Gasteiger partial charge in [-0.05, 0) is 87.8 Å². The molecule has 16 heteroatoms. The summed E-state index contributed by atoms with van der Waals surface area (Å²) >= 11 is 2.09. The number of nitrogens with zero attached hydrogens (tertiary/aromatic N) is 4. The molecule has 6 rings (SSSR count). The van der Waals surface area contributed by atoms with Crippen LogP contribution in [0.1, 0.15) is 65.5 Å². The summed E-state index contributed by atoms with van der Waals surface area (Å²) in [6, 6.07) is 10.8. The SMILES string of the molecule is Cc1ccc(NC(=O)Nc2ncc(CC(=O)OC(C(N)=O)c3cnc(NC(=O)Nc4ccc(C)cc4N4CCCCC4)s3)s2)c(N2CCCCC2)c1. The maximum Gasteiger partial charge on any atom is 0.325 e. The molecular formula is C36H43N9O5S2. The fourth-order valence-corrected chi connectivity index (χ4v) is 7.92. The van der Waals surface area contributed by atoms with Crippen LogP contribution in [-0.2, 0) is 20.7 Å². The number of hydrogen-bond donors (Lipinski definition) is 5. The zero-order chi connectivity index (χ0) is 36.6. The lowest BCUT2D eigenvalue weighted by molar-refractivity contribution is -0.154. The van der Waals surface area contributed by atoms with E-state index in [1.54, 1.807) is 0 Å². The van der Waals surface area contributed by atoms with Crippen molar-refractivity contribution >= 4 is 79.6 Å². The molecule has 0 spiro atoms. The van der Waals surface area contributed by atoms with Crippen molar-refractivity contribution in [2.45, 2.75) is 64.9 Å². The molecule has 0 bridgehead atoms. The van der Waals surface area contributed by atoms with Crippen molar-refractivity contribution in [2.75, 3.05) is 57.2 Å². The van der Waals surface area contributed by atoms with Gasteiger partial charge >= 0.3 is 18.0 Å². The van der Waals surface area contributed by atoms with Crippen LogP contribution in [0.4, 0.5) is 42.6 Å². The van der Waals surface area contributed by atoms with Crippen molar-refractivity contribution in [1.82, 2.24) is 9.97 Å². The number of nitrogens with one attached hydrogen (secondary N) is 4. The molecule has 1 unspecified atom stereocenters. The number of nitrogens with two attached hydrogens (primary N) is 1. The number of aromatic nitrogens is 2. The Labute approximate surface area is 310 Å². The van der Waals surface area contributed by atoms with E-state index in [-0.39, 0.29) is 16.4 Å². The largest absolute Gasteiger partial charge is 0.446 e. The molecule has 2 aliphatic heterocycles. The van der Waals surface area contributed by atoms with Gasteiger partial charge in [0.2, 0.25) is 6.10 Å². The standard InChI is InChI=1S/C36H43N9O5S2/c1-22-9-11-25(27(17-22)44-13-5-3-6-14-44)40-33(48)42-35-38-20-24(51-35)19-30(46)50-31(32(37)47)29-21-39-36(52-29)43-34(49)41-26-12-10-23(2)18-28(26)45-15-7-4-8-16-45/h9-12,17-18,20-21,31H,3-8,13-16,19H2,1-2H3,(H2,37,47)(H2,38,40,42,48)(H2,39,41,43,49). The van der Waals surface area contributed by atoms with Crippen LogP contribution < -0.4 is 36.8 Å². The van der Waals surface area contributed by atoms with Crippen molar-refractivity contribution in [1.29, 1.82) is 0 Å². The van der Waals surface area contributed by atoms with E-state index in [0.717, 1.165) is 97.0 Å². The first-order valence-corrected chi connectivity index (χ1v) is 19.0. The molecule has 4 heterocycles. The molecule has 2 saturated heterocycles. The van der Waals surface area contributed by atoms with E-state index in [9.17, 15) is 19.2 Å². The number of hydrogen-bond acceptors (Lipinski definition) is 11. The molecule has 2 aromatic heterocycles. The van der Waals surface area contributed by atoms with Crippen LogP contribution in [0.15, 0.2) is 48.8 Å². The van der Waals surface area contributed by atoms with E-state index >= 15 is 0 Å². The number of carbonyl (C=O) groups is 4. The smallest absolute Gasteiger partial charge is 0.325 e. The van der Waals surface area contributed by atoms with Gasteiger partial charge in [-0.3, -0.25) is 20.2 Å². The highest BCUT2D eigenvalue weighted by molar-refractivity contribution is 7.16. The Hall–Kier alpha value is -5.22. The average molecular weight is 746 g/mol. The minimum absolute atomic E-state index is 0.201. The lowest BCUT2D eigenvalue weighted by Gasteiger charge is -2.30. The molecule has 4 aromatic rings. The second kappa shape index (κ2) is 16.9. The second-order valence-electron chi connectivity index (χ2n) is 12.9. The molecule has 0 saturated carbocycles. The van der Waals surface area contributed by atoms with Crippen molar-refractivity contribution in [3.05, 3.63) is 69.7 Å². The van der Waals surface area contributed by atoms with Gasteiger partial charge in [-0.15, -0.1) is 11.3 Å². The molecule has 2 aromatic carbocycles. The maximum absolute atomic E-state index is 13.0. The maximum atomic E-state index is 13.0. The normalized spacial score (nSPS) is 15.0. The molecule has 2 aliphatic rings. The van der Waals surface area contributed by atoms with E-state index in [1.165, 1.54) is 25.2 Å². The predicted octanol–water partition coefficient (Wildman–Crippen LogP) is 6.80. The minimum Gasteiger partial charge on any atom is -0.446 e. The van der Waals surface area contributed by atoms with Gasteiger partial charge in [0.15, 0.2) is 10.3 Å². The number of rotatable bonds is 11. The van der Waals surface area contributed by atoms with Gasteiger partial charge in [-0.1, -0.05) is 23.5 Å². The van der Waals surface area contributed by atoms with Crippen LogP contribution in [0.5, 0.6) is 0 Å². The molecule has 5 amide bonds. The number of esters is 1. The predicted molar refractivity (Wildman–Crippen MR) is 206 cm³/mol. The van der Waals surface area contributed by atoms with E-state index in [2.05, 4.69) is 53.2 Å². The lowest BCUT2D eigenvalue weighted by Crippen LogP contribution is -2.31. The molecule has 274 valence electrons. The molecule has 0 aliphatic carbocycles. The van der Waals surface area contributed by atoms with Crippen molar-refractivity contribution in [3.8, 4) is 0 Å². The number of aryl methyl sites for hydroxylation is 2. The van der Waals surface area contributed by atoms with Crippen molar-refractivity contribution < 1.29 is 23.9 Å². The Morgan fingerprint density at radius 3 is 1.75 bits per heavy atom. The number of primary amides is 1. The number of urea groups is 2. The van der Waals surface area contributed by atoms with Gasteiger partial charge in [-0.25, -0.2) is 19.6 Å². The lowest BCUT2D eigenvalue weighted by atomic mass is 10.1.